The Balaban J connectivity index is 1.25. The monoisotopic (exact) mass is 466 g/mol. The van der Waals surface area contributed by atoms with Crippen molar-refractivity contribution in [1.29, 1.82) is 0 Å². The summed E-state index contributed by atoms with van der Waals surface area (Å²) < 4.78 is 5.73. The molecule has 4 unspecified atom stereocenters. The van der Waals surface area contributed by atoms with Gasteiger partial charge in [-0.2, -0.15) is 0 Å². The highest BCUT2D eigenvalue weighted by atomic mass is 16.5. The van der Waals surface area contributed by atoms with E-state index >= 15 is 0 Å². The van der Waals surface area contributed by atoms with Gasteiger partial charge in [-0.05, 0) is 91.7 Å². The summed E-state index contributed by atoms with van der Waals surface area (Å²) in [7, 11) is 0. The van der Waals surface area contributed by atoms with E-state index in [4.69, 9.17) is 4.74 Å². The largest absolute Gasteiger partial charge is 0.380 e. The van der Waals surface area contributed by atoms with Gasteiger partial charge in [-0.3, -0.25) is 9.59 Å². The van der Waals surface area contributed by atoms with E-state index in [9.17, 15) is 9.59 Å². The van der Waals surface area contributed by atoms with E-state index < -0.39 is 5.41 Å². The number of hydrogen-bond donors (Lipinski definition) is 2. The molecule has 2 amide bonds. The highest BCUT2D eigenvalue weighted by Crippen LogP contribution is 2.48. The molecule has 3 saturated carbocycles. The molecular weight excluding hydrogens is 424 g/mol. The molecule has 1 saturated heterocycles. The van der Waals surface area contributed by atoms with Crippen LogP contribution in [0.2, 0.25) is 0 Å². The number of anilines is 1. The van der Waals surface area contributed by atoms with E-state index in [1.165, 1.54) is 51.4 Å². The average Bonchev–Trinajstić information content (AvgIpc) is 3.35. The van der Waals surface area contributed by atoms with E-state index in [0.717, 1.165) is 29.6 Å². The molecule has 0 bridgehead atoms. The number of carbonyl (C=O) groups excluding carboxylic acids is 2. The van der Waals surface area contributed by atoms with Crippen molar-refractivity contribution in [3.8, 4) is 0 Å². The van der Waals surface area contributed by atoms with Crippen molar-refractivity contribution in [2.75, 3.05) is 25.1 Å². The summed E-state index contributed by atoms with van der Waals surface area (Å²) >= 11 is 0. The number of ether oxygens (including phenoxy) is 1. The number of hydrogen-bond acceptors (Lipinski definition) is 3. The fraction of sp³-hybridized carbons (Fsp3) is 0.724. The molecule has 1 aromatic carbocycles. The molecule has 0 spiro atoms. The summed E-state index contributed by atoms with van der Waals surface area (Å²) in [6.07, 6.45) is 11.4. The van der Waals surface area contributed by atoms with Gasteiger partial charge in [-0.25, -0.2) is 0 Å². The highest BCUT2D eigenvalue weighted by Gasteiger charge is 2.45. The summed E-state index contributed by atoms with van der Waals surface area (Å²) in [6, 6.07) is 7.92. The molecule has 186 valence electrons. The minimum Gasteiger partial charge on any atom is -0.380 e. The molecule has 5 heteroatoms. The summed E-state index contributed by atoms with van der Waals surface area (Å²) in [5.74, 6) is 2.96. The topological polar surface area (TPSA) is 67.4 Å². The molecule has 4 atom stereocenters. The van der Waals surface area contributed by atoms with Crippen molar-refractivity contribution < 1.29 is 14.3 Å². The maximum absolute atomic E-state index is 13.4. The van der Waals surface area contributed by atoms with E-state index in [1.54, 1.807) is 0 Å². The number of amides is 2. The van der Waals surface area contributed by atoms with Crippen LogP contribution in [-0.4, -0.2) is 31.6 Å². The summed E-state index contributed by atoms with van der Waals surface area (Å²) in [5.41, 5.74) is 1.31. The molecule has 34 heavy (non-hydrogen) atoms. The first-order valence-electron chi connectivity index (χ1n) is 13.6. The van der Waals surface area contributed by atoms with E-state index in [-0.39, 0.29) is 17.2 Å². The first kappa shape index (κ1) is 23.8. The van der Waals surface area contributed by atoms with Gasteiger partial charge in [0.05, 0.1) is 12.0 Å². The second-order valence-electron chi connectivity index (χ2n) is 12.2. The van der Waals surface area contributed by atoms with Crippen molar-refractivity contribution in [3.05, 3.63) is 29.8 Å². The van der Waals surface area contributed by atoms with Gasteiger partial charge in [0.15, 0.2) is 0 Å². The van der Waals surface area contributed by atoms with Crippen LogP contribution in [0, 0.1) is 29.1 Å². The zero-order chi connectivity index (χ0) is 23.8. The van der Waals surface area contributed by atoms with Gasteiger partial charge in [0.1, 0.15) is 0 Å². The maximum atomic E-state index is 13.4. The molecule has 5 nitrogen and oxygen atoms in total. The lowest BCUT2D eigenvalue weighted by Crippen LogP contribution is -2.49. The van der Waals surface area contributed by atoms with Crippen LogP contribution in [0.25, 0.3) is 0 Å². The van der Waals surface area contributed by atoms with Crippen molar-refractivity contribution >= 4 is 17.5 Å². The molecule has 3 aliphatic carbocycles. The van der Waals surface area contributed by atoms with Crippen LogP contribution in [0.1, 0.15) is 83.6 Å². The fourth-order valence-corrected chi connectivity index (χ4v) is 6.73. The Labute approximate surface area is 204 Å². The SMILES string of the molecule is CC1CCC(C(CC(=O)Nc2cccc(C3(C(=O)NCC4(C)CCC4)CCOC3)c2)C2CC2)C1. The quantitative estimate of drug-likeness (QED) is 0.509. The van der Waals surface area contributed by atoms with E-state index in [0.29, 0.717) is 37.9 Å². The molecule has 1 aliphatic heterocycles. The van der Waals surface area contributed by atoms with Crippen LogP contribution in [0.5, 0.6) is 0 Å². The lowest BCUT2D eigenvalue weighted by atomic mass is 9.70. The van der Waals surface area contributed by atoms with Gasteiger partial charge in [0, 0.05) is 25.3 Å². The molecular formula is C29H42N2O3. The predicted octanol–water partition coefficient (Wildman–Crippen LogP) is 5.44. The first-order valence-corrected chi connectivity index (χ1v) is 13.6. The second-order valence-corrected chi connectivity index (χ2v) is 12.2. The predicted molar refractivity (Wildman–Crippen MR) is 134 cm³/mol. The summed E-state index contributed by atoms with van der Waals surface area (Å²) in [6.45, 7) is 6.32. The third-order valence-electron chi connectivity index (χ3n) is 9.38. The van der Waals surface area contributed by atoms with Gasteiger partial charge >= 0.3 is 0 Å². The lowest BCUT2D eigenvalue weighted by Gasteiger charge is -2.39. The van der Waals surface area contributed by atoms with E-state index in [1.807, 2.05) is 24.3 Å². The Kier molecular flexibility index (Phi) is 6.76. The maximum Gasteiger partial charge on any atom is 0.233 e. The molecule has 4 fully saturated rings. The zero-order valence-corrected chi connectivity index (χ0v) is 21.0. The van der Waals surface area contributed by atoms with Crippen molar-refractivity contribution in [2.24, 2.45) is 29.1 Å². The number of benzene rings is 1. The normalized spacial score (nSPS) is 31.0. The number of nitrogens with one attached hydrogen (secondary N) is 2. The molecule has 0 aromatic heterocycles. The summed E-state index contributed by atoms with van der Waals surface area (Å²) in [4.78, 5) is 26.5. The molecule has 5 rings (SSSR count). The van der Waals surface area contributed by atoms with Gasteiger partial charge in [-0.15, -0.1) is 0 Å². The zero-order valence-electron chi connectivity index (χ0n) is 21.0. The Bertz CT molecular complexity index is 898. The standard InChI is InChI=1S/C29H42N2O3/c1-20-7-8-22(15-20)25(21-9-10-21)17-26(32)31-24-6-3-5-23(16-24)29(13-14-34-19-29)27(33)30-18-28(2)11-4-12-28/h3,5-6,16,20-22,25H,4,7-15,17-19H2,1-2H3,(H,30,33)(H,31,32). The van der Waals surface area contributed by atoms with Crippen molar-refractivity contribution in [2.45, 2.75) is 83.5 Å². The molecule has 0 radical (unpaired) electrons. The fourth-order valence-electron chi connectivity index (χ4n) is 6.73. The Morgan fingerprint density at radius 2 is 1.91 bits per heavy atom. The minimum atomic E-state index is -0.669. The Morgan fingerprint density at radius 1 is 1.12 bits per heavy atom. The van der Waals surface area contributed by atoms with Crippen molar-refractivity contribution in [3.63, 3.8) is 0 Å². The molecule has 1 aromatic rings. The van der Waals surface area contributed by atoms with Crippen LogP contribution in [0.4, 0.5) is 5.69 Å². The van der Waals surface area contributed by atoms with Crippen LogP contribution < -0.4 is 10.6 Å². The summed E-state index contributed by atoms with van der Waals surface area (Å²) in [5, 5.41) is 6.41. The van der Waals surface area contributed by atoms with Crippen LogP contribution in [0.15, 0.2) is 24.3 Å². The number of carbonyl (C=O) groups is 2. The van der Waals surface area contributed by atoms with Gasteiger partial charge < -0.3 is 15.4 Å². The first-order chi connectivity index (χ1) is 16.4. The number of rotatable bonds is 9. The Morgan fingerprint density at radius 3 is 2.53 bits per heavy atom. The molecule has 2 N–H and O–H groups in total. The van der Waals surface area contributed by atoms with Crippen LogP contribution >= 0.6 is 0 Å². The third-order valence-corrected chi connectivity index (χ3v) is 9.38. The third kappa shape index (κ3) is 5.05. The average molecular weight is 467 g/mol. The van der Waals surface area contributed by atoms with Crippen LogP contribution in [-0.2, 0) is 19.7 Å². The lowest BCUT2D eigenvalue weighted by molar-refractivity contribution is -0.127. The van der Waals surface area contributed by atoms with Crippen molar-refractivity contribution in [1.82, 2.24) is 5.32 Å². The van der Waals surface area contributed by atoms with Gasteiger partial charge in [0.2, 0.25) is 11.8 Å². The smallest absolute Gasteiger partial charge is 0.233 e. The van der Waals surface area contributed by atoms with E-state index in [2.05, 4.69) is 24.5 Å². The minimum absolute atomic E-state index is 0.0609. The second kappa shape index (κ2) is 9.64. The van der Waals surface area contributed by atoms with Gasteiger partial charge in [0.25, 0.3) is 0 Å². The molecule has 4 aliphatic rings. The van der Waals surface area contributed by atoms with Gasteiger partial charge in [-0.1, -0.05) is 38.8 Å². The van der Waals surface area contributed by atoms with Crippen LogP contribution in [0.3, 0.4) is 0 Å². The molecule has 1 heterocycles. The Hall–Kier alpha value is -1.88. The highest BCUT2D eigenvalue weighted by molar-refractivity contribution is 5.92.